The lowest BCUT2D eigenvalue weighted by atomic mass is 9.64. The molecule has 1 aliphatic carbocycles. The molecular formula is C19H19N3O. The molecule has 23 heavy (non-hydrogen) atoms. The van der Waals surface area contributed by atoms with Gasteiger partial charge in [0, 0.05) is 17.5 Å². The number of carbonyl (C=O) groups is 1. The van der Waals surface area contributed by atoms with Crippen molar-refractivity contribution in [3.63, 3.8) is 0 Å². The Morgan fingerprint density at radius 1 is 1.17 bits per heavy atom. The molecule has 1 heterocycles. The number of nitrogens with one attached hydrogen (secondary N) is 2. The van der Waals surface area contributed by atoms with E-state index < -0.39 is 0 Å². The van der Waals surface area contributed by atoms with Crippen LogP contribution in [0, 0.1) is 0 Å². The molecule has 116 valence electrons. The molecular weight excluding hydrogens is 286 g/mol. The Hall–Kier alpha value is -2.62. The SMILES string of the molecule is O=C(NCC1(c2ccccc2)CCC1)c1ccc2nc[nH]c2c1. The van der Waals surface area contributed by atoms with E-state index in [0.717, 1.165) is 23.9 Å². The zero-order valence-corrected chi connectivity index (χ0v) is 12.9. The van der Waals surface area contributed by atoms with Crippen molar-refractivity contribution in [3.05, 3.63) is 66.0 Å². The van der Waals surface area contributed by atoms with Crippen LogP contribution < -0.4 is 5.32 Å². The number of carbonyl (C=O) groups excluding carboxylic acids is 1. The van der Waals surface area contributed by atoms with Gasteiger partial charge in [0.25, 0.3) is 5.91 Å². The summed E-state index contributed by atoms with van der Waals surface area (Å²) in [6.07, 6.45) is 5.14. The third-order valence-electron chi connectivity index (χ3n) is 4.97. The van der Waals surface area contributed by atoms with Gasteiger partial charge in [0.1, 0.15) is 0 Å². The topological polar surface area (TPSA) is 57.8 Å². The highest BCUT2D eigenvalue weighted by atomic mass is 16.1. The lowest BCUT2D eigenvalue weighted by Gasteiger charge is -2.42. The van der Waals surface area contributed by atoms with Gasteiger partial charge >= 0.3 is 0 Å². The number of aromatic nitrogens is 2. The van der Waals surface area contributed by atoms with E-state index in [9.17, 15) is 4.79 Å². The molecule has 1 saturated carbocycles. The van der Waals surface area contributed by atoms with Crippen LogP contribution in [0.5, 0.6) is 0 Å². The third kappa shape index (κ3) is 2.50. The molecule has 2 N–H and O–H groups in total. The Kier molecular flexibility index (Phi) is 3.37. The van der Waals surface area contributed by atoms with Crippen LogP contribution >= 0.6 is 0 Å². The van der Waals surface area contributed by atoms with Crippen molar-refractivity contribution >= 4 is 16.9 Å². The van der Waals surface area contributed by atoms with Crippen molar-refractivity contribution in [2.75, 3.05) is 6.54 Å². The molecule has 1 aromatic heterocycles. The summed E-state index contributed by atoms with van der Waals surface area (Å²) in [4.78, 5) is 19.7. The van der Waals surface area contributed by atoms with E-state index in [1.165, 1.54) is 12.0 Å². The van der Waals surface area contributed by atoms with E-state index in [1.807, 2.05) is 24.3 Å². The molecule has 0 unspecified atom stereocenters. The van der Waals surface area contributed by atoms with Gasteiger partial charge in [0.05, 0.1) is 17.4 Å². The summed E-state index contributed by atoms with van der Waals surface area (Å²) in [5.41, 5.74) is 3.87. The summed E-state index contributed by atoms with van der Waals surface area (Å²) in [5.74, 6) is -0.0243. The van der Waals surface area contributed by atoms with Crippen molar-refractivity contribution in [2.24, 2.45) is 0 Å². The Balaban J connectivity index is 1.50. The number of aromatic amines is 1. The number of benzene rings is 2. The lowest BCUT2D eigenvalue weighted by molar-refractivity contribution is 0.0928. The minimum Gasteiger partial charge on any atom is -0.351 e. The van der Waals surface area contributed by atoms with Crippen LogP contribution in [-0.2, 0) is 5.41 Å². The maximum atomic E-state index is 12.5. The highest BCUT2D eigenvalue weighted by molar-refractivity contribution is 5.97. The maximum absolute atomic E-state index is 12.5. The van der Waals surface area contributed by atoms with Gasteiger partial charge in [-0.05, 0) is 36.6 Å². The minimum absolute atomic E-state index is 0.0243. The summed E-state index contributed by atoms with van der Waals surface area (Å²) in [5, 5.41) is 3.12. The first-order valence-corrected chi connectivity index (χ1v) is 8.04. The Morgan fingerprint density at radius 2 is 2.00 bits per heavy atom. The first-order valence-electron chi connectivity index (χ1n) is 8.04. The molecule has 0 radical (unpaired) electrons. The zero-order chi connectivity index (χ0) is 15.7. The maximum Gasteiger partial charge on any atom is 0.251 e. The van der Waals surface area contributed by atoms with E-state index in [4.69, 9.17) is 0 Å². The van der Waals surface area contributed by atoms with Crippen molar-refractivity contribution in [3.8, 4) is 0 Å². The molecule has 1 amide bonds. The first-order chi connectivity index (χ1) is 11.3. The first kappa shape index (κ1) is 14.0. The van der Waals surface area contributed by atoms with Crippen LogP contribution in [0.25, 0.3) is 11.0 Å². The van der Waals surface area contributed by atoms with Crippen LogP contribution in [-0.4, -0.2) is 22.4 Å². The standard InChI is InChI=1S/C19H19N3O/c23-18(14-7-8-16-17(11-14)22-13-21-16)20-12-19(9-4-10-19)15-5-2-1-3-6-15/h1-3,5-8,11,13H,4,9-10,12H2,(H,20,23)(H,21,22). The third-order valence-corrected chi connectivity index (χ3v) is 4.97. The van der Waals surface area contributed by atoms with Gasteiger partial charge in [-0.25, -0.2) is 4.98 Å². The number of hydrogen-bond donors (Lipinski definition) is 2. The molecule has 3 aromatic rings. The predicted molar refractivity (Wildman–Crippen MR) is 90.4 cm³/mol. The Morgan fingerprint density at radius 3 is 2.74 bits per heavy atom. The van der Waals surface area contributed by atoms with E-state index in [-0.39, 0.29) is 11.3 Å². The highest BCUT2D eigenvalue weighted by Crippen LogP contribution is 2.43. The second-order valence-corrected chi connectivity index (χ2v) is 6.32. The van der Waals surface area contributed by atoms with Gasteiger partial charge < -0.3 is 10.3 Å². The lowest BCUT2D eigenvalue weighted by Crippen LogP contribution is -2.45. The smallest absolute Gasteiger partial charge is 0.251 e. The van der Waals surface area contributed by atoms with Gasteiger partial charge in [-0.15, -0.1) is 0 Å². The molecule has 0 bridgehead atoms. The molecule has 0 saturated heterocycles. The van der Waals surface area contributed by atoms with Gasteiger partial charge in [-0.1, -0.05) is 36.8 Å². The number of H-pyrrole nitrogens is 1. The Labute approximate surface area is 134 Å². The van der Waals surface area contributed by atoms with Crippen LogP contribution in [0.4, 0.5) is 0 Å². The molecule has 4 heteroatoms. The average molecular weight is 305 g/mol. The second-order valence-electron chi connectivity index (χ2n) is 6.32. The number of rotatable bonds is 4. The van der Waals surface area contributed by atoms with Gasteiger partial charge in [0.15, 0.2) is 0 Å². The van der Waals surface area contributed by atoms with Gasteiger partial charge in [0.2, 0.25) is 0 Å². The fraction of sp³-hybridized carbons (Fsp3) is 0.263. The van der Waals surface area contributed by atoms with E-state index in [1.54, 1.807) is 6.33 Å². The van der Waals surface area contributed by atoms with E-state index in [2.05, 4.69) is 39.6 Å². The number of nitrogens with zero attached hydrogens (tertiary/aromatic N) is 1. The fourth-order valence-electron chi connectivity index (χ4n) is 3.39. The van der Waals surface area contributed by atoms with Crippen LogP contribution in [0.2, 0.25) is 0 Å². The van der Waals surface area contributed by atoms with Crippen molar-refractivity contribution in [1.82, 2.24) is 15.3 Å². The molecule has 0 aliphatic heterocycles. The van der Waals surface area contributed by atoms with Crippen molar-refractivity contribution < 1.29 is 4.79 Å². The summed E-state index contributed by atoms with van der Waals surface area (Å²) in [7, 11) is 0. The quantitative estimate of drug-likeness (QED) is 0.776. The van der Waals surface area contributed by atoms with Crippen LogP contribution in [0.15, 0.2) is 54.9 Å². The number of amides is 1. The molecule has 4 rings (SSSR count). The average Bonchev–Trinajstić information content (AvgIpc) is 3.02. The predicted octanol–water partition coefficient (Wildman–Crippen LogP) is 3.41. The zero-order valence-electron chi connectivity index (χ0n) is 12.9. The number of fused-ring (bicyclic) bond motifs is 1. The van der Waals surface area contributed by atoms with Crippen LogP contribution in [0.1, 0.15) is 35.2 Å². The number of imidazole rings is 1. The van der Waals surface area contributed by atoms with E-state index >= 15 is 0 Å². The largest absolute Gasteiger partial charge is 0.351 e. The fourth-order valence-corrected chi connectivity index (χ4v) is 3.39. The van der Waals surface area contributed by atoms with Crippen LogP contribution in [0.3, 0.4) is 0 Å². The molecule has 4 nitrogen and oxygen atoms in total. The molecule has 0 spiro atoms. The van der Waals surface area contributed by atoms with E-state index in [0.29, 0.717) is 12.1 Å². The number of hydrogen-bond acceptors (Lipinski definition) is 2. The second kappa shape index (κ2) is 5.54. The molecule has 1 fully saturated rings. The van der Waals surface area contributed by atoms with Gasteiger partial charge in [-0.3, -0.25) is 4.79 Å². The monoisotopic (exact) mass is 305 g/mol. The van der Waals surface area contributed by atoms with Crippen molar-refractivity contribution in [1.29, 1.82) is 0 Å². The molecule has 0 atom stereocenters. The molecule has 1 aliphatic rings. The molecule has 2 aromatic carbocycles. The highest BCUT2D eigenvalue weighted by Gasteiger charge is 2.38. The van der Waals surface area contributed by atoms with Crippen molar-refractivity contribution in [2.45, 2.75) is 24.7 Å². The minimum atomic E-state index is -0.0243. The Bertz CT molecular complexity index is 834. The normalized spacial score (nSPS) is 16.0. The summed E-state index contributed by atoms with van der Waals surface area (Å²) in [6, 6.07) is 16.1. The summed E-state index contributed by atoms with van der Waals surface area (Å²) < 4.78 is 0. The summed E-state index contributed by atoms with van der Waals surface area (Å²) >= 11 is 0. The summed E-state index contributed by atoms with van der Waals surface area (Å²) in [6.45, 7) is 0.691. The van der Waals surface area contributed by atoms with Gasteiger partial charge in [-0.2, -0.15) is 0 Å².